The number of hydrogen-bond donors (Lipinski definition) is 0. The Balaban J connectivity index is 1.33. The highest BCUT2D eigenvalue weighted by Crippen LogP contribution is 2.64. The number of benzene rings is 9. The highest BCUT2D eigenvalue weighted by molar-refractivity contribution is 7.00. The molecule has 0 atom stereocenters. The first-order valence-corrected chi connectivity index (χ1v) is 33.5. The van der Waals surface area contributed by atoms with Crippen LogP contribution in [0.4, 0.5) is 34.1 Å². The quantitative estimate of drug-likeness (QED) is 0.105. The molecule has 0 spiro atoms. The summed E-state index contributed by atoms with van der Waals surface area (Å²) in [5.41, 5.74) is 14.3. The van der Waals surface area contributed by atoms with Crippen LogP contribution in [0.25, 0.3) is 43.4 Å². The van der Waals surface area contributed by atoms with Gasteiger partial charge in [0.1, 0.15) is 0 Å². The van der Waals surface area contributed by atoms with E-state index in [2.05, 4.69) is 258 Å². The van der Waals surface area contributed by atoms with Crippen molar-refractivity contribution in [3.63, 3.8) is 0 Å². The Morgan fingerprint density at radius 1 is 0.359 bits per heavy atom. The molecule has 0 amide bonds. The standard InChI is InChI=1S/C59H60N2Si3/c1-41-29-31-44(32-30-41)60(42-21-13-11-14-22-42)46-35-38-52-53(39-46)48-25-17-19-27-50(48)57-56-51-28-20-18-26-49(51)55(40-54(56)59(58(52)57,63(5,6)7)64(8,9)10)61(43-23-15-12-16-24-43)45-33-36-47(37-34-45)62(2,3)4/h11-40H,1-10H3. The number of aryl methyl sites for hydroxylation is 1. The van der Waals surface area contributed by atoms with Crippen molar-refractivity contribution in [2.45, 2.75) is 70.5 Å². The second-order valence-electron chi connectivity index (χ2n) is 21.1. The molecule has 0 fully saturated rings. The summed E-state index contributed by atoms with van der Waals surface area (Å²) >= 11 is 0. The number of anilines is 6. The summed E-state index contributed by atoms with van der Waals surface area (Å²) in [6.07, 6.45) is 0. The molecule has 0 saturated heterocycles. The molecule has 9 aromatic carbocycles. The Hall–Kier alpha value is -5.99. The smallest absolute Gasteiger partial charge is 0.0775 e. The third kappa shape index (κ3) is 6.54. The predicted molar refractivity (Wildman–Crippen MR) is 289 cm³/mol. The molecule has 0 radical (unpaired) electrons. The summed E-state index contributed by atoms with van der Waals surface area (Å²) < 4.78 is -0.132. The van der Waals surface area contributed by atoms with E-state index in [1.165, 1.54) is 82.5 Å². The molecule has 318 valence electrons. The fourth-order valence-corrected chi connectivity index (χ4v) is 25.9. The van der Waals surface area contributed by atoms with E-state index in [1.54, 1.807) is 5.56 Å². The molecule has 0 bridgehead atoms. The summed E-state index contributed by atoms with van der Waals surface area (Å²) in [4.78, 5) is 4.97. The predicted octanol–water partition coefficient (Wildman–Crippen LogP) is 17.0. The monoisotopic (exact) mass is 880 g/mol. The van der Waals surface area contributed by atoms with Gasteiger partial charge in [0.05, 0.1) is 29.9 Å². The van der Waals surface area contributed by atoms with Gasteiger partial charge >= 0.3 is 0 Å². The summed E-state index contributed by atoms with van der Waals surface area (Å²) in [5, 5.41) is 9.47. The van der Waals surface area contributed by atoms with Crippen molar-refractivity contribution in [1.29, 1.82) is 0 Å². The molecule has 5 heteroatoms. The maximum absolute atomic E-state index is 2.68. The Kier molecular flexibility index (Phi) is 10.1. The van der Waals surface area contributed by atoms with Crippen LogP contribution < -0.4 is 15.0 Å². The van der Waals surface area contributed by atoms with Crippen LogP contribution in [-0.2, 0) is 4.66 Å². The van der Waals surface area contributed by atoms with Crippen LogP contribution in [0.3, 0.4) is 0 Å². The van der Waals surface area contributed by atoms with Gasteiger partial charge in [-0.2, -0.15) is 0 Å². The summed E-state index contributed by atoms with van der Waals surface area (Å²) in [7, 11) is -5.82. The molecule has 10 rings (SSSR count). The van der Waals surface area contributed by atoms with Gasteiger partial charge in [0.15, 0.2) is 0 Å². The Labute approximate surface area is 383 Å². The molecule has 0 unspecified atom stereocenters. The van der Waals surface area contributed by atoms with Gasteiger partial charge in [0.25, 0.3) is 0 Å². The molecule has 0 aliphatic heterocycles. The van der Waals surface area contributed by atoms with Crippen LogP contribution in [0.5, 0.6) is 0 Å². The van der Waals surface area contributed by atoms with Crippen LogP contribution in [0.2, 0.25) is 58.9 Å². The summed E-state index contributed by atoms with van der Waals surface area (Å²) in [6.45, 7) is 25.4. The van der Waals surface area contributed by atoms with Crippen LogP contribution in [-0.4, -0.2) is 24.2 Å². The van der Waals surface area contributed by atoms with Crippen molar-refractivity contribution in [1.82, 2.24) is 0 Å². The topological polar surface area (TPSA) is 6.48 Å². The van der Waals surface area contributed by atoms with Crippen LogP contribution in [0, 0.1) is 6.92 Å². The van der Waals surface area contributed by atoms with E-state index in [4.69, 9.17) is 0 Å². The second kappa shape index (κ2) is 15.3. The molecule has 0 N–H and O–H groups in total. The van der Waals surface area contributed by atoms with Gasteiger partial charge in [-0.1, -0.05) is 185 Å². The van der Waals surface area contributed by atoms with E-state index in [-0.39, 0.29) is 4.66 Å². The zero-order valence-electron chi connectivity index (χ0n) is 39.2. The average molecular weight is 881 g/mol. The molecule has 9 aromatic rings. The van der Waals surface area contributed by atoms with Crippen LogP contribution in [0.15, 0.2) is 182 Å². The molecular formula is C59H60N2Si3. The lowest BCUT2D eigenvalue weighted by Gasteiger charge is -2.52. The first-order valence-electron chi connectivity index (χ1n) is 23.0. The molecule has 2 nitrogen and oxygen atoms in total. The molecular weight excluding hydrogens is 821 g/mol. The molecule has 0 aromatic heterocycles. The van der Waals surface area contributed by atoms with Gasteiger partial charge in [-0.3, -0.25) is 0 Å². The summed E-state index contributed by atoms with van der Waals surface area (Å²) in [6, 6.07) is 69.1. The minimum atomic E-state index is -2.16. The zero-order chi connectivity index (χ0) is 44.8. The lowest BCUT2D eigenvalue weighted by atomic mass is 9.89. The van der Waals surface area contributed by atoms with Crippen LogP contribution >= 0.6 is 0 Å². The number of nitrogens with zero attached hydrogens (tertiary/aromatic N) is 2. The Morgan fingerprint density at radius 2 is 0.812 bits per heavy atom. The molecule has 0 heterocycles. The fourth-order valence-electron chi connectivity index (χ4n) is 11.7. The van der Waals surface area contributed by atoms with Gasteiger partial charge < -0.3 is 9.80 Å². The number of fused-ring (bicyclic) bond motifs is 10. The third-order valence-corrected chi connectivity index (χ3v) is 26.2. The first kappa shape index (κ1) is 42.0. The highest BCUT2D eigenvalue weighted by Gasteiger charge is 2.60. The number of hydrogen-bond acceptors (Lipinski definition) is 2. The molecule has 64 heavy (non-hydrogen) atoms. The largest absolute Gasteiger partial charge is 0.310 e. The normalized spacial score (nSPS) is 13.6. The lowest BCUT2D eigenvalue weighted by molar-refractivity contribution is 0.963. The van der Waals surface area contributed by atoms with Gasteiger partial charge in [-0.05, 0) is 123 Å². The van der Waals surface area contributed by atoms with E-state index in [0.29, 0.717) is 0 Å². The minimum Gasteiger partial charge on any atom is -0.310 e. The SMILES string of the molecule is Cc1ccc(N(c2ccccc2)c2ccc3c4c(c5ccccc5c3c2)-c2c(cc(N(c3ccccc3)c3ccc([Si](C)(C)C)cc3)c3ccccc23)C4([Si](C)(C)C)[Si](C)(C)C)cc1. The van der Waals surface area contributed by atoms with E-state index in [1.807, 2.05) is 0 Å². The second-order valence-corrected chi connectivity index (χ2v) is 37.2. The maximum Gasteiger partial charge on any atom is 0.0775 e. The Bertz CT molecular complexity index is 3200. The third-order valence-electron chi connectivity index (χ3n) is 14.1. The van der Waals surface area contributed by atoms with Gasteiger partial charge in [0, 0.05) is 38.5 Å². The van der Waals surface area contributed by atoms with Gasteiger partial charge in [-0.25, -0.2) is 0 Å². The summed E-state index contributed by atoms with van der Waals surface area (Å²) in [5.74, 6) is 0. The van der Waals surface area contributed by atoms with Crippen molar-refractivity contribution in [3.8, 4) is 11.1 Å². The maximum atomic E-state index is 2.68. The molecule has 0 saturated carbocycles. The first-order chi connectivity index (χ1) is 30.6. The van der Waals surface area contributed by atoms with E-state index in [0.717, 1.165) is 11.4 Å². The van der Waals surface area contributed by atoms with E-state index in [9.17, 15) is 0 Å². The highest BCUT2D eigenvalue weighted by atomic mass is 28.4. The average Bonchev–Trinajstić information content (AvgIpc) is 3.62. The van der Waals surface area contributed by atoms with Crippen molar-refractivity contribution >= 4 is 95.9 Å². The number of para-hydroxylation sites is 2. The van der Waals surface area contributed by atoms with E-state index >= 15 is 0 Å². The molecule has 1 aliphatic rings. The van der Waals surface area contributed by atoms with Crippen LogP contribution in [0.1, 0.15) is 16.7 Å². The van der Waals surface area contributed by atoms with E-state index < -0.39 is 24.2 Å². The fraction of sp³-hybridized carbons (Fsp3) is 0.186. The van der Waals surface area contributed by atoms with Crippen molar-refractivity contribution in [3.05, 3.63) is 199 Å². The van der Waals surface area contributed by atoms with Gasteiger partial charge in [-0.15, -0.1) is 0 Å². The van der Waals surface area contributed by atoms with Crippen molar-refractivity contribution < 1.29 is 0 Å². The van der Waals surface area contributed by atoms with Crippen molar-refractivity contribution in [2.75, 3.05) is 9.80 Å². The minimum absolute atomic E-state index is 0.132. The van der Waals surface area contributed by atoms with Gasteiger partial charge in [0.2, 0.25) is 0 Å². The number of rotatable bonds is 9. The Morgan fingerprint density at radius 3 is 1.38 bits per heavy atom. The molecule has 1 aliphatic carbocycles. The lowest BCUT2D eigenvalue weighted by Crippen LogP contribution is -2.63. The zero-order valence-corrected chi connectivity index (χ0v) is 42.2. The van der Waals surface area contributed by atoms with Crippen molar-refractivity contribution in [2.24, 2.45) is 0 Å².